The minimum Gasteiger partial charge on any atom is -0.444 e. The summed E-state index contributed by atoms with van der Waals surface area (Å²) >= 11 is 6.70. The average molecular weight is 1690 g/mol. The van der Waals surface area contributed by atoms with Crippen molar-refractivity contribution in [2.45, 2.75) is 200 Å². The molecule has 0 spiro atoms. The molecule has 5 aromatic heterocycles. The van der Waals surface area contributed by atoms with Gasteiger partial charge in [-0.3, -0.25) is 33.3 Å². The summed E-state index contributed by atoms with van der Waals surface area (Å²) in [6, 6.07) is 6.64. The van der Waals surface area contributed by atoms with Crippen LogP contribution in [0.25, 0.3) is 11.0 Å². The molecule has 29 nitrogen and oxygen atoms in total. The number of imidazole rings is 1. The third-order valence-electron chi connectivity index (χ3n) is 18.2. The fourth-order valence-corrected chi connectivity index (χ4v) is 13.7. The van der Waals surface area contributed by atoms with Crippen LogP contribution in [0.5, 0.6) is 0 Å². The van der Waals surface area contributed by atoms with Gasteiger partial charge in [0.15, 0.2) is 5.69 Å². The van der Waals surface area contributed by atoms with Crippen LogP contribution in [0.3, 0.4) is 0 Å². The van der Waals surface area contributed by atoms with Gasteiger partial charge in [-0.25, -0.2) is 28.3 Å². The van der Waals surface area contributed by atoms with Crippen molar-refractivity contribution in [2.24, 2.45) is 17.2 Å². The molecule has 1 aliphatic carbocycles. The fourth-order valence-electron chi connectivity index (χ4n) is 13.2. The Hall–Kier alpha value is -10.1. The first-order chi connectivity index (χ1) is 50.8. The molecular formula is C76H99Cl3FIN20O9. The van der Waals surface area contributed by atoms with Crippen molar-refractivity contribution in [3.8, 4) is 55.4 Å². The molecule has 0 unspecified atom stereocenters. The van der Waals surface area contributed by atoms with E-state index in [1.165, 1.54) is 18.9 Å². The predicted molar refractivity (Wildman–Crippen MR) is 433 cm³/mol. The monoisotopic (exact) mass is 1690 g/mol. The molecule has 4 aliphatic heterocycles. The van der Waals surface area contributed by atoms with Gasteiger partial charge in [0, 0.05) is 76.5 Å². The molecule has 1 saturated carbocycles. The highest BCUT2D eigenvalue weighted by Crippen LogP contribution is 2.39. The molecule has 110 heavy (non-hydrogen) atoms. The molecular weight excluding hydrogens is 1590 g/mol. The summed E-state index contributed by atoms with van der Waals surface area (Å²) in [4.78, 5) is 90.4. The van der Waals surface area contributed by atoms with E-state index in [-0.39, 0.29) is 108 Å². The Kier molecular flexibility index (Phi) is 33.6. The van der Waals surface area contributed by atoms with Crippen LogP contribution in [0, 0.1) is 70.1 Å². The number of fused-ring (bicyclic) bond motifs is 1. The van der Waals surface area contributed by atoms with E-state index < -0.39 is 34.2 Å². The number of nitriles is 1. The number of benzene rings is 1. The minimum atomic E-state index is -0.631. The van der Waals surface area contributed by atoms with Crippen LogP contribution in [0.15, 0.2) is 43.8 Å². The summed E-state index contributed by atoms with van der Waals surface area (Å²) in [7, 11) is 3.40. The minimum absolute atomic E-state index is 0. The molecule has 6 aromatic rings. The van der Waals surface area contributed by atoms with E-state index >= 15 is 0 Å². The number of likely N-dealkylation sites (tertiary alicyclic amines) is 3. The zero-order chi connectivity index (χ0) is 80.7. The molecule has 0 radical (unpaired) electrons. The zero-order valence-corrected chi connectivity index (χ0v) is 69.0. The summed E-state index contributed by atoms with van der Waals surface area (Å²) in [5.41, 5.74) is 20.9. The van der Waals surface area contributed by atoms with E-state index in [2.05, 4.69) is 95.7 Å². The highest BCUT2D eigenvalue weighted by Gasteiger charge is 2.41. The van der Waals surface area contributed by atoms with E-state index in [4.69, 9.17) is 64.0 Å². The molecule has 1 aromatic carbocycles. The normalized spacial score (nSPS) is 19.3. The Morgan fingerprint density at radius 3 is 1.42 bits per heavy atom. The molecule has 4 saturated heterocycles. The number of halogens is 5. The average Bonchev–Trinajstić information content (AvgIpc) is 1.65. The number of nitrogens with two attached hydrogens (primary N) is 3. The summed E-state index contributed by atoms with van der Waals surface area (Å²) in [5.74, 6) is 8.74. The first-order valence-electron chi connectivity index (χ1n) is 35.1. The number of carbonyl (C=O) groups excluding carboxylic acids is 7. The molecule has 592 valence electrons. The van der Waals surface area contributed by atoms with Crippen molar-refractivity contribution in [2.75, 3.05) is 50.9 Å². The Labute approximate surface area is 673 Å². The van der Waals surface area contributed by atoms with Crippen LogP contribution in [-0.2, 0) is 31.9 Å². The van der Waals surface area contributed by atoms with Crippen molar-refractivity contribution in [1.29, 1.82) is 5.26 Å². The van der Waals surface area contributed by atoms with Gasteiger partial charge in [0.25, 0.3) is 17.7 Å². The molecule has 8 atom stereocenters. The number of aromatic nitrogens is 10. The lowest BCUT2D eigenvalue weighted by Gasteiger charge is -2.27. The number of nitrogens with zero attached hydrogens (tertiary/aromatic N) is 14. The van der Waals surface area contributed by atoms with E-state index in [1.807, 2.05) is 110 Å². The maximum absolute atomic E-state index is 13.3. The van der Waals surface area contributed by atoms with Crippen LogP contribution in [0.1, 0.15) is 223 Å². The summed E-state index contributed by atoms with van der Waals surface area (Å²) in [5, 5.41) is 35.5. The maximum Gasteiger partial charge on any atom is 0.410 e. The van der Waals surface area contributed by atoms with Gasteiger partial charge in [0.1, 0.15) is 68.5 Å². The number of ether oxygens (including phenoxy) is 2. The molecule has 6 amide bonds. The third-order valence-corrected chi connectivity index (χ3v) is 19.2. The van der Waals surface area contributed by atoms with E-state index in [9.17, 15) is 43.2 Å². The van der Waals surface area contributed by atoms with Gasteiger partial charge in [-0.1, -0.05) is 27.0 Å². The number of rotatable bonds is 14. The number of carbonyl (C=O) groups is 7. The first-order valence-corrected chi connectivity index (χ1v) is 36.6. The second kappa shape index (κ2) is 40.0. The predicted octanol–water partition coefficient (Wildman–Crippen LogP) is 10.1. The number of hydrogen-bond acceptors (Lipinski definition) is 18. The first kappa shape index (κ1) is 92.3. The number of nitrogens with one attached hydrogen (secondary N) is 3. The Morgan fingerprint density at radius 1 is 0.645 bits per heavy atom. The highest BCUT2D eigenvalue weighted by atomic mass is 127. The van der Waals surface area contributed by atoms with Crippen LogP contribution < -0.4 is 33.2 Å². The Bertz CT molecular complexity index is 4600. The topological polar surface area (TPSA) is 375 Å². The van der Waals surface area contributed by atoms with Crippen molar-refractivity contribution in [3.63, 3.8) is 0 Å². The summed E-state index contributed by atoms with van der Waals surface area (Å²) in [6.07, 6.45) is 32.0. The van der Waals surface area contributed by atoms with Crippen molar-refractivity contribution >= 4 is 123 Å². The van der Waals surface area contributed by atoms with Gasteiger partial charge in [0.2, 0.25) is 11.1 Å². The number of hydrogen-bond donors (Lipinski definition) is 6. The van der Waals surface area contributed by atoms with Crippen molar-refractivity contribution in [1.82, 2.24) is 68.7 Å². The SMILES string of the molecule is C#Cc1nn([C@@H]2CN[C@H](C)C2)c(NC)c1C(N)=O.C#Cc1nn([C@H]2C[C@@H](C)N(C(=O)C=C)C2)c(NC)c1C(N)=O.C#Cc1nn([C@H]2C[C@@H](C)N(C(=O)OC(C)(C)C)C2)c(CC)c1C#N.C#Cc1nn([C@H]2C[C@@H](C)N(C(=O)OC(C)(C)C)C2)c(CC)c1C(N)=O.C=CC(=O)Cl.Cl.Cl.Fc1cc2c(cc1I)ncn2C1CC1. The third kappa shape index (κ3) is 22.3. The molecule has 9 heterocycles. The van der Waals surface area contributed by atoms with Crippen molar-refractivity contribution in [3.05, 3.63) is 110 Å². The number of allylic oxidation sites excluding steroid dienone is 1. The van der Waals surface area contributed by atoms with Gasteiger partial charge in [-0.05, 0) is 197 Å². The van der Waals surface area contributed by atoms with Gasteiger partial charge < -0.3 is 61.9 Å². The van der Waals surface area contributed by atoms with Gasteiger partial charge in [-0.15, -0.1) is 50.5 Å². The fraction of sp³-hybridized carbons (Fsp3) is 0.487. The lowest BCUT2D eigenvalue weighted by atomic mass is 10.1. The highest BCUT2D eigenvalue weighted by molar-refractivity contribution is 14.1. The second-order valence-electron chi connectivity index (χ2n) is 28.3. The molecule has 34 heteroatoms. The zero-order valence-electron chi connectivity index (χ0n) is 64.4. The molecule has 0 bridgehead atoms. The lowest BCUT2D eigenvalue weighted by molar-refractivity contribution is -0.126. The molecule has 11 rings (SSSR count). The Balaban J connectivity index is 0.000000287. The van der Waals surface area contributed by atoms with E-state index in [0.29, 0.717) is 106 Å². The van der Waals surface area contributed by atoms with Crippen LogP contribution in [-0.4, -0.2) is 180 Å². The number of primary amides is 3. The Morgan fingerprint density at radius 2 is 1.05 bits per heavy atom. The van der Waals surface area contributed by atoms with Crippen LogP contribution >= 0.6 is 59.0 Å². The summed E-state index contributed by atoms with van der Waals surface area (Å²) in [6.45, 7) is 31.8. The van der Waals surface area contributed by atoms with E-state index in [0.717, 1.165) is 42.2 Å². The van der Waals surface area contributed by atoms with Crippen molar-refractivity contribution < 1.29 is 47.4 Å². The van der Waals surface area contributed by atoms with E-state index in [1.54, 1.807) is 55.0 Å². The molecule has 9 N–H and O–H groups in total. The van der Waals surface area contributed by atoms with Gasteiger partial charge >= 0.3 is 12.2 Å². The van der Waals surface area contributed by atoms with Gasteiger partial charge in [0.05, 0.1) is 62.0 Å². The lowest BCUT2D eigenvalue weighted by Crippen LogP contribution is -2.39. The smallest absolute Gasteiger partial charge is 0.410 e. The number of amides is 6. The molecule has 5 aliphatic rings. The number of terminal acetylenes is 4. The van der Waals surface area contributed by atoms with Gasteiger partial charge in [-0.2, -0.15) is 25.7 Å². The maximum atomic E-state index is 13.3. The largest absolute Gasteiger partial charge is 0.444 e. The molecule has 5 fully saturated rings. The van der Waals surface area contributed by atoms with Crippen LogP contribution in [0.2, 0.25) is 0 Å². The second-order valence-corrected chi connectivity index (χ2v) is 29.8. The van der Waals surface area contributed by atoms with Crippen LogP contribution in [0.4, 0.5) is 25.6 Å². The number of anilines is 2. The standard InChI is InChI=1S/C18H26N4O3.C18H24N4O2.C15H19N5O2.C12H17N5O.C10H8FIN2.C3H3ClO.2ClH/c1-7-13-15(16(19)23)14(8-2)22(20-13)12-9-11(3)21(10-12)17(24)25-18(4,5)6;1-7-15-14(10-19)16(8-2)22(20-15)13-9-12(3)21(11-13)17(23)24-18(4,5)6;1-5-11-13(14(16)22)15(17-4)20(18-11)10-7-9(3)19(8-10)12(21)6-2;1-4-9-10(11(13)18)12(14-3)17(16-9)8-5-7(2)15-6-8;11-7-3-10-9(4-8(7)12)13-5-14(10)6-1-2-6;1-2-3(4)5;;/h1,11-12H,8-10H2,2-6H3,(H2,19,23);1,12-13H,8-9,11H2,2-6H3;1,6,9-10,17H,2,7-8H2,3-4H3,(H2,16,22);1,7-8,14-15H,5-6H2,2-3H3,(H2,13,18);3-6H,1-2H2;2H,1H2;2*1H/t11-,12+;12-,13+;9-,10+;7-,8+;;;;/m1111..../s1. The quantitative estimate of drug-likeness (QED) is 0.0255. The summed E-state index contributed by atoms with van der Waals surface area (Å²) < 4.78 is 34.0.